The molecular formula is C20H16FN3O2. The summed E-state index contributed by atoms with van der Waals surface area (Å²) in [6.45, 7) is -0.574. The van der Waals surface area contributed by atoms with Crippen LogP contribution in [0.3, 0.4) is 0 Å². The van der Waals surface area contributed by atoms with Crippen LogP contribution in [0.5, 0.6) is 5.75 Å². The second-order valence-electron chi connectivity index (χ2n) is 5.80. The van der Waals surface area contributed by atoms with Gasteiger partial charge in [0.2, 0.25) is 0 Å². The third-order valence-corrected chi connectivity index (χ3v) is 4.15. The number of carbonyl (C=O) groups is 1. The van der Waals surface area contributed by atoms with E-state index < -0.39 is 6.67 Å². The minimum Gasteiger partial charge on any atom is -0.491 e. The second-order valence-corrected chi connectivity index (χ2v) is 5.80. The van der Waals surface area contributed by atoms with Crippen molar-refractivity contribution < 1.29 is 13.9 Å². The number of amides is 1. The van der Waals surface area contributed by atoms with E-state index in [1.807, 2.05) is 36.4 Å². The van der Waals surface area contributed by atoms with E-state index in [4.69, 9.17) is 4.74 Å². The van der Waals surface area contributed by atoms with Crippen LogP contribution in [-0.4, -0.2) is 29.4 Å². The zero-order chi connectivity index (χ0) is 17.9. The number of hydrogen-bond donors (Lipinski definition) is 2. The molecule has 26 heavy (non-hydrogen) atoms. The van der Waals surface area contributed by atoms with E-state index in [-0.39, 0.29) is 12.5 Å². The predicted molar refractivity (Wildman–Crippen MR) is 99.5 cm³/mol. The van der Waals surface area contributed by atoms with Gasteiger partial charge >= 0.3 is 0 Å². The molecule has 0 saturated carbocycles. The summed E-state index contributed by atoms with van der Waals surface area (Å²) in [5, 5.41) is 12.5. The number of carbonyl (C=O) groups excluding carboxylic acids is 1. The molecule has 0 bridgehead atoms. The molecule has 1 heterocycles. The van der Waals surface area contributed by atoms with Gasteiger partial charge in [-0.05, 0) is 35.0 Å². The van der Waals surface area contributed by atoms with Crippen molar-refractivity contribution in [1.29, 1.82) is 0 Å². The standard InChI is InChI=1S/C20H16FN3O2/c21-10-11-26-14-8-9-18-17(12-14)19(24-23-18)22-20(25)16-7-3-5-13-4-1-2-6-15(13)16/h1-9,12H,10-11H2,(H2,22,23,24,25). The SMILES string of the molecule is O=C(Nc1n[nH]c2ccc(OCCF)cc12)c1cccc2ccccc12. The van der Waals surface area contributed by atoms with Crippen molar-refractivity contribution >= 4 is 33.4 Å². The third kappa shape index (κ3) is 2.97. The highest BCUT2D eigenvalue weighted by Crippen LogP contribution is 2.26. The van der Waals surface area contributed by atoms with Crippen LogP contribution < -0.4 is 10.1 Å². The van der Waals surface area contributed by atoms with Crippen LogP contribution in [0.2, 0.25) is 0 Å². The summed E-state index contributed by atoms with van der Waals surface area (Å²) in [4.78, 5) is 12.8. The highest BCUT2D eigenvalue weighted by Gasteiger charge is 2.14. The number of nitrogens with zero attached hydrogens (tertiary/aromatic N) is 1. The average molecular weight is 349 g/mol. The Morgan fingerprint density at radius 2 is 1.92 bits per heavy atom. The van der Waals surface area contributed by atoms with Gasteiger partial charge in [0.05, 0.1) is 5.52 Å². The van der Waals surface area contributed by atoms with Crippen LogP contribution in [-0.2, 0) is 0 Å². The second kappa shape index (κ2) is 6.84. The lowest BCUT2D eigenvalue weighted by Gasteiger charge is -2.07. The molecule has 2 N–H and O–H groups in total. The van der Waals surface area contributed by atoms with Crippen molar-refractivity contribution in [2.45, 2.75) is 0 Å². The molecule has 3 aromatic carbocycles. The first-order valence-electron chi connectivity index (χ1n) is 8.22. The number of anilines is 1. The van der Waals surface area contributed by atoms with Gasteiger partial charge in [-0.25, -0.2) is 4.39 Å². The molecule has 0 aliphatic carbocycles. The van der Waals surface area contributed by atoms with Gasteiger partial charge in [-0.15, -0.1) is 0 Å². The van der Waals surface area contributed by atoms with Gasteiger partial charge in [0.15, 0.2) is 5.82 Å². The highest BCUT2D eigenvalue weighted by atomic mass is 19.1. The van der Waals surface area contributed by atoms with Crippen LogP contribution in [0, 0.1) is 0 Å². The number of aromatic amines is 1. The van der Waals surface area contributed by atoms with Crippen molar-refractivity contribution in [3.05, 3.63) is 66.2 Å². The van der Waals surface area contributed by atoms with Crippen molar-refractivity contribution in [2.24, 2.45) is 0 Å². The Balaban J connectivity index is 1.67. The summed E-state index contributed by atoms with van der Waals surface area (Å²) < 4.78 is 17.6. The zero-order valence-electron chi connectivity index (χ0n) is 13.8. The average Bonchev–Trinajstić information content (AvgIpc) is 3.08. The molecule has 130 valence electrons. The van der Waals surface area contributed by atoms with Crippen LogP contribution in [0.4, 0.5) is 10.2 Å². The van der Waals surface area contributed by atoms with E-state index in [1.54, 1.807) is 24.3 Å². The zero-order valence-corrected chi connectivity index (χ0v) is 13.8. The topological polar surface area (TPSA) is 67.0 Å². The molecule has 0 aliphatic rings. The van der Waals surface area contributed by atoms with Gasteiger partial charge in [0.1, 0.15) is 19.0 Å². The fourth-order valence-electron chi connectivity index (χ4n) is 2.93. The van der Waals surface area contributed by atoms with Gasteiger partial charge in [0, 0.05) is 10.9 Å². The monoisotopic (exact) mass is 349 g/mol. The quantitative estimate of drug-likeness (QED) is 0.564. The third-order valence-electron chi connectivity index (χ3n) is 4.15. The van der Waals surface area contributed by atoms with E-state index >= 15 is 0 Å². The fourth-order valence-corrected chi connectivity index (χ4v) is 2.93. The first-order chi connectivity index (χ1) is 12.8. The molecule has 1 amide bonds. The number of hydrogen-bond acceptors (Lipinski definition) is 3. The largest absolute Gasteiger partial charge is 0.491 e. The molecule has 4 aromatic rings. The highest BCUT2D eigenvalue weighted by molar-refractivity contribution is 6.14. The normalized spacial score (nSPS) is 11.0. The van der Waals surface area contributed by atoms with Gasteiger partial charge in [0.25, 0.3) is 5.91 Å². The van der Waals surface area contributed by atoms with Gasteiger partial charge in [-0.1, -0.05) is 36.4 Å². The molecule has 0 fully saturated rings. The first-order valence-corrected chi connectivity index (χ1v) is 8.22. The van der Waals surface area contributed by atoms with Crippen molar-refractivity contribution in [2.75, 3.05) is 18.6 Å². The Morgan fingerprint density at radius 1 is 1.08 bits per heavy atom. The van der Waals surface area contributed by atoms with Crippen LogP contribution >= 0.6 is 0 Å². The van der Waals surface area contributed by atoms with Crippen LogP contribution in [0.1, 0.15) is 10.4 Å². The number of halogens is 1. The summed E-state index contributed by atoms with van der Waals surface area (Å²) in [5.41, 5.74) is 1.33. The van der Waals surface area contributed by atoms with E-state index in [1.165, 1.54) is 0 Å². The van der Waals surface area contributed by atoms with Crippen molar-refractivity contribution in [3.63, 3.8) is 0 Å². The van der Waals surface area contributed by atoms with Crippen LogP contribution in [0.15, 0.2) is 60.7 Å². The van der Waals surface area contributed by atoms with Crippen molar-refractivity contribution in [3.8, 4) is 5.75 Å². The molecule has 0 unspecified atom stereocenters. The molecule has 6 heteroatoms. The summed E-state index contributed by atoms with van der Waals surface area (Å²) in [6, 6.07) is 18.5. The Morgan fingerprint density at radius 3 is 2.81 bits per heavy atom. The van der Waals surface area contributed by atoms with E-state index in [0.717, 1.165) is 16.3 Å². The Bertz CT molecular complexity index is 1090. The van der Waals surface area contributed by atoms with E-state index in [0.29, 0.717) is 22.5 Å². The number of fused-ring (bicyclic) bond motifs is 2. The Labute approximate surface area is 148 Å². The number of alkyl halides is 1. The molecule has 0 aliphatic heterocycles. The lowest BCUT2D eigenvalue weighted by molar-refractivity contribution is 0.102. The predicted octanol–water partition coefficient (Wildman–Crippen LogP) is 4.32. The molecule has 0 saturated heterocycles. The maximum Gasteiger partial charge on any atom is 0.257 e. The Hall–Kier alpha value is -3.41. The molecule has 4 rings (SSSR count). The van der Waals surface area contributed by atoms with E-state index in [9.17, 15) is 9.18 Å². The van der Waals surface area contributed by atoms with Gasteiger partial charge in [-0.3, -0.25) is 9.89 Å². The summed E-state index contributed by atoms with van der Waals surface area (Å²) in [6.07, 6.45) is 0. The molecule has 0 atom stereocenters. The smallest absolute Gasteiger partial charge is 0.257 e. The first kappa shape index (κ1) is 16.1. The number of aromatic nitrogens is 2. The number of H-pyrrole nitrogens is 1. The van der Waals surface area contributed by atoms with Crippen molar-refractivity contribution in [1.82, 2.24) is 10.2 Å². The van der Waals surface area contributed by atoms with Crippen LogP contribution in [0.25, 0.3) is 21.7 Å². The maximum atomic E-state index is 12.8. The fraction of sp³-hybridized carbons (Fsp3) is 0.100. The molecule has 1 aromatic heterocycles. The number of rotatable bonds is 5. The summed E-state index contributed by atoms with van der Waals surface area (Å²) >= 11 is 0. The number of ether oxygens (including phenoxy) is 1. The van der Waals surface area contributed by atoms with Gasteiger partial charge in [-0.2, -0.15) is 5.10 Å². The molecule has 0 radical (unpaired) electrons. The minimum absolute atomic E-state index is 0.0128. The summed E-state index contributed by atoms with van der Waals surface area (Å²) in [5.74, 6) is 0.686. The Kier molecular flexibility index (Phi) is 4.23. The minimum atomic E-state index is -0.561. The molecule has 0 spiro atoms. The summed E-state index contributed by atoms with van der Waals surface area (Å²) in [7, 11) is 0. The molecule has 5 nitrogen and oxygen atoms in total. The molecular weight excluding hydrogens is 333 g/mol. The lowest BCUT2D eigenvalue weighted by Crippen LogP contribution is -2.12. The lowest BCUT2D eigenvalue weighted by atomic mass is 10.0. The maximum absolute atomic E-state index is 12.8. The van der Waals surface area contributed by atoms with E-state index in [2.05, 4.69) is 15.5 Å². The number of benzene rings is 3. The number of nitrogens with one attached hydrogen (secondary N) is 2. The van der Waals surface area contributed by atoms with Gasteiger partial charge < -0.3 is 10.1 Å².